The molecule has 154 valence electrons. The maximum absolute atomic E-state index is 13.7. The average molecular weight is 463 g/mol. The number of amides is 2. The highest BCUT2D eigenvalue weighted by molar-refractivity contribution is 7.21. The van der Waals surface area contributed by atoms with Crippen LogP contribution in [-0.4, -0.2) is 47.8 Å². The van der Waals surface area contributed by atoms with Gasteiger partial charge in [0.25, 0.3) is 5.91 Å². The zero-order valence-corrected chi connectivity index (χ0v) is 18.1. The molecular formula is C22H17Cl2FN2O2S. The molecule has 1 aromatic heterocycles. The molecule has 0 atom stereocenters. The van der Waals surface area contributed by atoms with E-state index in [4.69, 9.17) is 23.2 Å². The third-order valence-electron chi connectivity index (χ3n) is 4.97. The summed E-state index contributed by atoms with van der Waals surface area (Å²) in [4.78, 5) is 29.2. The van der Waals surface area contributed by atoms with Crippen LogP contribution in [0, 0.1) is 5.82 Å². The molecule has 1 aliphatic heterocycles. The van der Waals surface area contributed by atoms with Crippen molar-refractivity contribution in [1.29, 1.82) is 0 Å². The molecule has 0 spiro atoms. The number of carbonyl (C=O) groups excluding carboxylic acids is 2. The van der Waals surface area contributed by atoms with E-state index < -0.39 is 0 Å². The predicted molar refractivity (Wildman–Crippen MR) is 120 cm³/mol. The largest absolute Gasteiger partial charge is 0.336 e. The van der Waals surface area contributed by atoms with E-state index >= 15 is 0 Å². The highest BCUT2D eigenvalue weighted by atomic mass is 35.5. The van der Waals surface area contributed by atoms with Gasteiger partial charge in [0.15, 0.2) is 0 Å². The summed E-state index contributed by atoms with van der Waals surface area (Å²) in [6.07, 6.45) is 2.83. The number of piperazine rings is 1. The van der Waals surface area contributed by atoms with Crippen molar-refractivity contribution in [2.75, 3.05) is 26.2 Å². The van der Waals surface area contributed by atoms with Crippen LogP contribution in [-0.2, 0) is 4.79 Å². The van der Waals surface area contributed by atoms with E-state index in [1.165, 1.54) is 29.6 Å². The van der Waals surface area contributed by atoms with Crippen LogP contribution in [0.3, 0.4) is 0 Å². The molecule has 2 amide bonds. The Morgan fingerprint density at radius 3 is 2.43 bits per heavy atom. The summed E-state index contributed by atoms with van der Waals surface area (Å²) in [5, 5.41) is 1.83. The molecule has 0 N–H and O–H groups in total. The highest BCUT2D eigenvalue weighted by Crippen LogP contribution is 2.37. The molecule has 1 saturated heterocycles. The first kappa shape index (κ1) is 20.8. The second kappa shape index (κ2) is 8.76. The smallest absolute Gasteiger partial charge is 0.265 e. The normalized spacial score (nSPS) is 14.6. The van der Waals surface area contributed by atoms with Crippen LogP contribution in [0.1, 0.15) is 15.2 Å². The fourth-order valence-electron chi connectivity index (χ4n) is 3.33. The van der Waals surface area contributed by atoms with Crippen LogP contribution >= 0.6 is 34.5 Å². The highest BCUT2D eigenvalue weighted by Gasteiger charge is 2.27. The maximum Gasteiger partial charge on any atom is 0.265 e. The lowest BCUT2D eigenvalue weighted by Gasteiger charge is -2.34. The number of halogens is 3. The lowest BCUT2D eigenvalue weighted by atomic mass is 10.2. The van der Waals surface area contributed by atoms with E-state index in [0.29, 0.717) is 46.7 Å². The van der Waals surface area contributed by atoms with E-state index in [1.807, 2.05) is 6.07 Å². The minimum Gasteiger partial charge on any atom is -0.336 e. The van der Waals surface area contributed by atoms with Crippen LogP contribution in [0.15, 0.2) is 48.5 Å². The molecule has 1 fully saturated rings. The number of fused-ring (bicyclic) bond motifs is 1. The van der Waals surface area contributed by atoms with Crippen molar-refractivity contribution < 1.29 is 14.0 Å². The zero-order chi connectivity index (χ0) is 21.3. The van der Waals surface area contributed by atoms with Crippen molar-refractivity contribution in [2.45, 2.75) is 0 Å². The van der Waals surface area contributed by atoms with Crippen molar-refractivity contribution in [3.63, 3.8) is 0 Å². The second-order valence-electron chi connectivity index (χ2n) is 6.86. The predicted octanol–water partition coefficient (Wildman–Crippen LogP) is 5.35. The van der Waals surface area contributed by atoms with Gasteiger partial charge >= 0.3 is 0 Å². The molecule has 2 aromatic carbocycles. The first-order chi connectivity index (χ1) is 14.4. The summed E-state index contributed by atoms with van der Waals surface area (Å²) in [7, 11) is 0. The van der Waals surface area contributed by atoms with E-state index in [2.05, 4.69) is 0 Å². The topological polar surface area (TPSA) is 40.6 Å². The molecule has 4 rings (SSSR count). The second-order valence-corrected chi connectivity index (χ2v) is 8.72. The van der Waals surface area contributed by atoms with Gasteiger partial charge in [-0.15, -0.1) is 11.3 Å². The Kier molecular flexibility index (Phi) is 6.09. The fraction of sp³-hybridized carbons (Fsp3) is 0.182. The van der Waals surface area contributed by atoms with Gasteiger partial charge in [0.05, 0.1) is 5.02 Å². The van der Waals surface area contributed by atoms with Gasteiger partial charge in [-0.1, -0.05) is 47.5 Å². The van der Waals surface area contributed by atoms with Crippen molar-refractivity contribution in [3.05, 3.63) is 74.8 Å². The molecule has 0 aliphatic carbocycles. The molecule has 30 heavy (non-hydrogen) atoms. The van der Waals surface area contributed by atoms with Gasteiger partial charge < -0.3 is 9.80 Å². The zero-order valence-electron chi connectivity index (χ0n) is 15.8. The molecular weight excluding hydrogens is 446 g/mol. The molecule has 0 bridgehead atoms. The minimum absolute atomic E-state index is 0.147. The van der Waals surface area contributed by atoms with Crippen molar-refractivity contribution in [3.8, 4) is 0 Å². The standard InChI is InChI=1S/C22H17Cl2FN2O2S/c23-15-6-7-16-18(13-15)30-21(20(16)24)22(29)27-11-9-26(10-12-27)19(28)8-5-14-3-1-2-4-17(14)25/h1-8,13H,9-12H2. The number of benzene rings is 2. The quantitative estimate of drug-likeness (QED) is 0.492. The van der Waals surface area contributed by atoms with Gasteiger partial charge in [-0.3, -0.25) is 9.59 Å². The summed E-state index contributed by atoms with van der Waals surface area (Å²) >= 11 is 13.8. The summed E-state index contributed by atoms with van der Waals surface area (Å²) in [5.41, 5.74) is 0.360. The first-order valence-corrected chi connectivity index (χ1v) is 10.9. The molecule has 8 heteroatoms. The van der Waals surface area contributed by atoms with Crippen molar-refractivity contribution in [1.82, 2.24) is 9.80 Å². The summed E-state index contributed by atoms with van der Waals surface area (Å²) < 4.78 is 14.5. The van der Waals surface area contributed by atoms with Gasteiger partial charge in [-0.25, -0.2) is 4.39 Å². The molecule has 0 radical (unpaired) electrons. The molecule has 1 aliphatic rings. The van der Waals surface area contributed by atoms with Gasteiger partial charge in [0.1, 0.15) is 10.7 Å². The van der Waals surface area contributed by atoms with E-state index in [1.54, 1.807) is 40.1 Å². The summed E-state index contributed by atoms with van der Waals surface area (Å²) in [6.45, 7) is 1.62. The Balaban J connectivity index is 1.41. The van der Waals surface area contributed by atoms with Gasteiger partial charge in [-0.2, -0.15) is 0 Å². The molecule has 2 heterocycles. The van der Waals surface area contributed by atoms with Crippen LogP contribution in [0.2, 0.25) is 10.0 Å². The number of hydrogen-bond acceptors (Lipinski definition) is 3. The molecule has 3 aromatic rings. The summed E-state index contributed by atoms with van der Waals surface area (Å²) in [6, 6.07) is 11.6. The molecule has 0 saturated carbocycles. The Hall–Kier alpha value is -2.41. The molecule has 0 unspecified atom stereocenters. The van der Waals surface area contributed by atoms with Crippen LogP contribution in [0.25, 0.3) is 16.2 Å². The number of rotatable bonds is 3. The third-order valence-corrected chi connectivity index (χ3v) is 6.86. The lowest BCUT2D eigenvalue weighted by molar-refractivity contribution is -0.127. The lowest BCUT2D eigenvalue weighted by Crippen LogP contribution is -2.50. The maximum atomic E-state index is 13.7. The van der Waals surface area contributed by atoms with Crippen molar-refractivity contribution in [2.24, 2.45) is 0 Å². The van der Waals surface area contributed by atoms with E-state index in [0.717, 1.165) is 10.1 Å². The van der Waals surface area contributed by atoms with E-state index in [-0.39, 0.29) is 17.6 Å². The SMILES string of the molecule is O=C(C=Cc1ccccc1F)N1CCN(C(=O)c2sc3cc(Cl)ccc3c2Cl)CC1. The summed E-state index contributed by atoms with van der Waals surface area (Å²) in [5.74, 6) is -0.732. The van der Waals surface area contributed by atoms with E-state index in [9.17, 15) is 14.0 Å². The van der Waals surface area contributed by atoms with Crippen LogP contribution in [0.5, 0.6) is 0 Å². The number of carbonyl (C=O) groups is 2. The van der Waals surface area contributed by atoms with Crippen molar-refractivity contribution >= 4 is 62.5 Å². The van der Waals surface area contributed by atoms with Crippen LogP contribution < -0.4 is 0 Å². The van der Waals surface area contributed by atoms with Gasteiger partial charge in [-0.05, 0) is 24.3 Å². The number of hydrogen-bond donors (Lipinski definition) is 0. The Bertz CT molecular complexity index is 1150. The number of thiophene rings is 1. The monoisotopic (exact) mass is 462 g/mol. The van der Waals surface area contributed by atoms with Gasteiger partial charge in [0, 0.05) is 52.9 Å². The first-order valence-electron chi connectivity index (χ1n) is 9.32. The Morgan fingerprint density at radius 2 is 1.70 bits per heavy atom. The minimum atomic E-state index is -0.376. The third kappa shape index (κ3) is 4.21. The Labute approximate surface area is 187 Å². The van der Waals surface area contributed by atoms with Crippen LogP contribution in [0.4, 0.5) is 4.39 Å². The molecule has 4 nitrogen and oxygen atoms in total. The fourth-order valence-corrected chi connectivity index (χ4v) is 5.08. The average Bonchev–Trinajstić information content (AvgIpc) is 3.08. The van der Waals surface area contributed by atoms with Gasteiger partial charge in [0.2, 0.25) is 5.91 Å². The number of nitrogens with zero attached hydrogens (tertiary/aromatic N) is 2. The Morgan fingerprint density at radius 1 is 1.00 bits per heavy atom.